The van der Waals surface area contributed by atoms with Crippen molar-refractivity contribution < 1.29 is 9.90 Å². The number of nitrogens with one attached hydrogen (secondary N) is 1. The predicted octanol–water partition coefficient (Wildman–Crippen LogP) is 2.54. The first-order valence-corrected chi connectivity index (χ1v) is 7.93. The van der Waals surface area contributed by atoms with Gasteiger partial charge in [-0.25, -0.2) is 4.79 Å². The zero-order chi connectivity index (χ0) is 13.7. The number of hydrogen-bond donors (Lipinski definition) is 2. The van der Waals surface area contributed by atoms with Crippen LogP contribution in [0.3, 0.4) is 0 Å². The third-order valence-corrected chi connectivity index (χ3v) is 4.82. The molecule has 0 amide bonds. The summed E-state index contributed by atoms with van der Waals surface area (Å²) in [6.07, 6.45) is 8.64. The lowest BCUT2D eigenvalue weighted by Crippen LogP contribution is -2.34. The molecule has 1 heterocycles. The molecule has 0 unspecified atom stereocenters. The maximum Gasteiger partial charge on any atom is 0.337 e. The number of thioether (sulfide) groups is 1. The number of carboxylic acid groups (broad SMARTS) is 1. The molecule has 2 N–H and O–H groups in total. The van der Waals surface area contributed by atoms with Crippen LogP contribution in [0.2, 0.25) is 0 Å². The number of nitrogens with zero attached hydrogens (tertiary/aromatic N) is 1. The van der Waals surface area contributed by atoms with Crippen LogP contribution in [0.25, 0.3) is 0 Å². The first-order chi connectivity index (χ1) is 9.20. The molecule has 19 heavy (non-hydrogen) atoms. The van der Waals surface area contributed by atoms with E-state index in [1.807, 2.05) is 11.8 Å². The van der Waals surface area contributed by atoms with E-state index in [-0.39, 0.29) is 0 Å². The van der Waals surface area contributed by atoms with Gasteiger partial charge in [0.15, 0.2) is 0 Å². The van der Waals surface area contributed by atoms with Crippen LogP contribution in [0.4, 0.5) is 0 Å². The van der Waals surface area contributed by atoms with Gasteiger partial charge in [-0.3, -0.25) is 4.98 Å². The van der Waals surface area contributed by atoms with Crippen LogP contribution in [-0.2, 0) is 6.54 Å². The van der Waals surface area contributed by atoms with Crippen LogP contribution in [0, 0.1) is 0 Å². The van der Waals surface area contributed by atoms with Crippen molar-refractivity contribution in [2.75, 3.05) is 6.26 Å². The fourth-order valence-corrected chi connectivity index (χ4v) is 3.26. The highest BCUT2D eigenvalue weighted by Gasteiger charge is 2.20. The van der Waals surface area contributed by atoms with Crippen LogP contribution in [0.15, 0.2) is 18.3 Å². The van der Waals surface area contributed by atoms with Crippen LogP contribution >= 0.6 is 11.8 Å². The molecule has 4 nitrogen and oxygen atoms in total. The first-order valence-electron chi connectivity index (χ1n) is 6.64. The summed E-state index contributed by atoms with van der Waals surface area (Å²) in [6.45, 7) is 0.539. The van der Waals surface area contributed by atoms with Crippen molar-refractivity contribution in [3.05, 3.63) is 29.6 Å². The van der Waals surface area contributed by atoms with E-state index in [1.165, 1.54) is 25.7 Å². The van der Waals surface area contributed by atoms with Crippen LogP contribution < -0.4 is 5.32 Å². The molecule has 104 valence electrons. The van der Waals surface area contributed by atoms with Crippen molar-refractivity contribution >= 4 is 17.7 Å². The molecule has 0 spiro atoms. The molecule has 0 aliphatic heterocycles. The van der Waals surface area contributed by atoms with Gasteiger partial charge in [-0.05, 0) is 44.1 Å². The van der Waals surface area contributed by atoms with Crippen molar-refractivity contribution in [3.63, 3.8) is 0 Å². The largest absolute Gasteiger partial charge is 0.478 e. The van der Waals surface area contributed by atoms with Crippen molar-refractivity contribution in [1.82, 2.24) is 10.3 Å². The number of carboxylic acids is 1. The molecule has 1 aliphatic carbocycles. The minimum atomic E-state index is -0.906. The van der Waals surface area contributed by atoms with Gasteiger partial charge in [0.25, 0.3) is 0 Å². The minimum absolute atomic E-state index is 0.299. The molecule has 0 saturated heterocycles. The molecule has 2 rings (SSSR count). The van der Waals surface area contributed by atoms with E-state index in [2.05, 4.69) is 16.6 Å². The Balaban J connectivity index is 1.88. The first kappa shape index (κ1) is 14.3. The summed E-state index contributed by atoms with van der Waals surface area (Å²) in [6, 6.07) is 3.76. The molecule has 0 atom stereocenters. The smallest absolute Gasteiger partial charge is 0.337 e. The van der Waals surface area contributed by atoms with Gasteiger partial charge in [0.2, 0.25) is 0 Å². The molecule has 1 saturated carbocycles. The zero-order valence-corrected chi connectivity index (χ0v) is 11.9. The van der Waals surface area contributed by atoms with Crippen molar-refractivity contribution in [3.8, 4) is 0 Å². The highest BCUT2D eigenvalue weighted by molar-refractivity contribution is 7.99. The standard InChI is InChI=1S/C14H20N2O2S/c1-19-11-6-4-10(5-7-11)16-9-13-12(14(17)18)3-2-8-15-13/h2-3,8,10-11,16H,4-7,9H2,1H3,(H,17,18). The third-order valence-electron chi connectivity index (χ3n) is 3.69. The molecular weight excluding hydrogens is 260 g/mol. The van der Waals surface area contributed by atoms with Gasteiger partial charge < -0.3 is 10.4 Å². The number of rotatable bonds is 5. The number of carbonyl (C=O) groups is 1. The molecule has 0 aromatic carbocycles. The molecule has 1 aliphatic rings. The molecule has 0 bridgehead atoms. The van der Waals surface area contributed by atoms with Crippen molar-refractivity contribution in [2.45, 2.75) is 43.5 Å². The Bertz CT molecular complexity index is 431. The Morgan fingerprint density at radius 1 is 1.47 bits per heavy atom. The topological polar surface area (TPSA) is 62.2 Å². The Kier molecular flexibility index (Phi) is 5.22. The average molecular weight is 280 g/mol. The van der Waals surface area contributed by atoms with Gasteiger partial charge >= 0.3 is 5.97 Å². The molecule has 0 radical (unpaired) electrons. The third kappa shape index (κ3) is 3.94. The molecule has 1 aromatic rings. The Morgan fingerprint density at radius 3 is 2.84 bits per heavy atom. The maximum atomic E-state index is 11.1. The highest BCUT2D eigenvalue weighted by Crippen LogP contribution is 2.26. The van der Waals surface area contributed by atoms with Crippen LogP contribution in [0.5, 0.6) is 0 Å². The van der Waals surface area contributed by atoms with Gasteiger partial charge in [-0.15, -0.1) is 0 Å². The lowest BCUT2D eigenvalue weighted by atomic mass is 9.95. The SMILES string of the molecule is CSC1CCC(NCc2ncccc2C(=O)O)CC1. The van der Waals surface area contributed by atoms with E-state index >= 15 is 0 Å². The Morgan fingerprint density at radius 2 is 2.21 bits per heavy atom. The van der Waals surface area contributed by atoms with E-state index in [1.54, 1.807) is 18.3 Å². The monoisotopic (exact) mass is 280 g/mol. The number of pyridine rings is 1. The predicted molar refractivity (Wildman–Crippen MR) is 77.6 cm³/mol. The second kappa shape index (κ2) is 6.91. The van der Waals surface area contributed by atoms with Gasteiger partial charge in [-0.2, -0.15) is 11.8 Å². The minimum Gasteiger partial charge on any atom is -0.478 e. The van der Waals surface area contributed by atoms with Crippen LogP contribution in [-0.4, -0.2) is 33.6 Å². The number of aromatic carboxylic acids is 1. The molecule has 5 heteroatoms. The summed E-state index contributed by atoms with van der Waals surface area (Å²) >= 11 is 1.95. The number of aromatic nitrogens is 1. The van der Waals surface area contributed by atoms with Gasteiger partial charge in [0.05, 0.1) is 11.3 Å². The molecular formula is C14H20N2O2S. The van der Waals surface area contributed by atoms with Crippen LogP contribution in [0.1, 0.15) is 41.7 Å². The lowest BCUT2D eigenvalue weighted by Gasteiger charge is -2.28. The van der Waals surface area contributed by atoms with E-state index in [0.717, 1.165) is 5.25 Å². The summed E-state index contributed by atoms with van der Waals surface area (Å²) in [7, 11) is 0. The number of hydrogen-bond acceptors (Lipinski definition) is 4. The van der Waals surface area contributed by atoms with E-state index in [4.69, 9.17) is 5.11 Å². The second-order valence-electron chi connectivity index (χ2n) is 4.89. The van der Waals surface area contributed by atoms with E-state index in [9.17, 15) is 4.79 Å². The fraction of sp³-hybridized carbons (Fsp3) is 0.571. The second-order valence-corrected chi connectivity index (χ2v) is 6.03. The fourth-order valence-electron chi connectivity index (χ4n) is 2.52. The summed E-state index contributed by atoms with van der Waals surface area (Å²) in [5.74, 6) is -0.906. The summed E-state index contributed by atoms with van der Waals surface area (Å²) in [5, 5.41) is 13.3. The van der Waals surface area contributed by atoms with Crippen molar-refractivity contribution in [2.24, 2.45) is 0 Å². The summed E-state index contributed by atoms with van der Waals surface area (Å²) in [4.78, 5) is 15.3. The summed E-state index contributed by atoms with van der Waals surface area (Å²) in [5.41, 5.74) is 0.926. The Labute approximate surface area is 118 Å². The highest BCUT2D eigenvalue weighted by atomic mass is 32.2. The lowest BCUT2D eigenvalue weighted by molar-refractivity contribution is 0.0695. The molecule has 1 aromatic heterocycles. The van der Waals surface area contributed by atoms with E-state index < -0.39 is 5.97 Å². The quantitative estimate of drug-likeness (QED) is 0.868. The van der Waals surface area contributed by atoms with Gasteiger partial charge in [0.1, 0.15) is 0 Å². The van der Waals surface area contributed by atoms with Crippen molar-refractivity contribution in [1.29, 1.82) is 0 Å². The maximum absolute atomic E-state index is 11.1. The molecule has 1 fully saturated rings. The average Bonchev–Trinajstić information content (AvgIpc) is 2.46. The van der Waals surface area contributed by atoms with E-state index in [0.29, 0.717) is 23.8 Å². The Hall–Kier alpha value is -1.07. The van der Waals surface area contributed by atoms with Gasteiger partial charge in [0, 0.05) is 24.0 Å². The van der Waals surface area contributed by atoms with Gasteiger partial charge in [-0.1, -0.05) is 0 Å². The zero-order valence-electron chi connectivity index (χ0n) is 11.1. The normalized spacial score (nSPS) is 23.2. The summed E-state index contributed by atoms with van der Waals surface area (Å²) < 4.78 is 0.